The van der Waals surface area contributed by atoms with Crippen LogP contribution in [0.1, 0.15) is 25.0 Å². The topological polar surface area (TPSA) is 70.9 Å². The minimum atomic E-state index is 0.514. The maximum absolute atomic E-state index is 4.49. The molecule has 19 heavy (non-hydrogen) atoms. The minimum Gasteiger partial charge on any atom is -0.316 e. The van der Waals surface area contributed by atoms with Crippen LogP contribution < -0.4 is 5.32 Å². The number of H-pyrrole nitrogens is 1. The van der Waals surface area contributed by atoms with E-state index in [1.807, 2.05) is 12.4 Å². The molecule has 0 radical (unpaired) electrons. The molecule has 3 aromatic rings. The van der Waals surface area contributed by atoms with Crippen LogP contribution in [0, 0.1) is 5.92 Å². The lowest BCUT2D eigenvalue weighted by Crippen LogP contribution is -2.12. The first-order chi connectivity index (χ1) is 9.38. The first-order valence-electron chi connectivity index (χ1n) is 6.74. The highest BCUT2D eigenvalue weighted by molar-refractivity contribution is 5.73. The van der Waals surface area contributed by atoms with Crippen LogP contribution >= 0.6 is 0 Å². The molecule has 0 spiro atoms. The molecule has 0 bridgehead atoms. The summed E-state index contributed by atoms with van der Waals surface area (Å²) in [4.78, 5) is 8.82. The highest BCUT2D eigenvalue weighted by Gasteiger charge is 2.29. The molecule has 4 rings (SSSR count). The van der Waals surface area contributed by atoms with Gasteiger partial charge < -0.3 is 5.32 Å². The summed E-state index contributed by atoms with van der Waals surface area (Å²) >= 11 is 0. The van der Waals surface area contributed by atoms with Crippen molar-refractivity contribution in [1.29, 1.82) is 0 Å². The summed E-state index contributed by atoms with van der Waals surface area (Å²) in [5, 5.41) is 10.5. The summed E-state index contributed by atoms with van der Waals surface area (Å²) in [5.74, 6) is 1.19. The van der Waals surface area contributed by atoms with Crippen LogP contribution in [0.5, 0.6) is 0 Å². The third-order valence-electron chi connectivity index (χ3n) is 4.21. The normalized spacial score (nSPS) is 23.6. The molecule has 0 aromatic carbocycles. The third kappa shape index (κ3) is 1.49. The van der Waals surface area contributed by atoms with Crippen molar-refractivity contribution in [2.45, 2.75) is 19.3 Å². The summed E-state index contributed by atoms with van der Waals surface area (Å²) in [5.41, 5.74) is 3.98. The highest BCUT2D eigenvalue weighted by atomic mass is 15.2. The lowest BCUT2D eigenvalue weighted by Gasteiger charge is -2.16. The number of rotatable bonds is 2. The molecule has 6 nitrogen and oxygen atoms in total. The number of nitrogens with zero attached hydrogens (tertiary/aromatic N) is 4. The summed E-state index contributed by atoms with van der Waals surface area (Å²) in [6.45, 7) is 4.37. The number of fused-ring (bicyclic) bond motifs is 3. The van der Waals surface area contributed by atoms with E-state index in [2.05, 4.69) is 36.8 Å². The molecule has 0 amide bonds. The second-order valence-electron chi connectivity index (χ2n) is 5.17. The summed E-state index contributed by atoms with van der Waals surface area (Å²) in [6.07, 6.45) is 6.80. The monoisotopic (exact) mass is 256 g/mol. The van der Waals surface area contributed by atoms with Gasteiger partial charge in [0, 0.05) is 24.4 Å². The van der Waals surface area contributed by atoms with E-state index in [0.717, 1.165) is 29.9 Å². The van der Waals surface area contributed by atoms with E-state index >= 15 is 0 Å². The van der Waals surface area contributed by atoms with Gasteiger partial charge in [-0.15, -0.1) is 0 Å². The molecule has 0 saturated carbocycles. The average Bonchev–Trinajstić information content (AvgIpc) is 3.15. The zero-order valence-electron chi connectivity index (χ0n) is 10.8. The minimum absolute atomic E-state index is 0.514. The van der Waals surface area contributed by atoms with Crippen molar-refractivity contribution >= 4 is 16.8 Å². The molecular weight excluding hydrogens is 240 g/mol. The van der Waals surface area contributed by atoms with E-state index in [1.165, 1.54) is 12.1 Å². The van der Waals surface area contributed by atoms with Gasteiger partial charge in [0.2, 0.25) is 0 Å². The van der Waals surface area contributed by atoms with Gasteiger partial charge in [0.25, 0.3) is 0 Å². The van der Waals surface area contributed by atoms with Crippen LogP contribution in [-0.2, 0) is 0 Å². The fourth-order valence-electron chi connectivity index (χ4n) is 3.16. The molecule has 1 aliphatic heterocycles. The van der Waals surface area contributed by atoms with Crippen LogP contribution in [0.15, 0.2) is 18.6 Å². The number of hydrogen-bond donors (Lipinski definition) is 2. The predicted octanol–water partition coefficient (Wildman–Crippen LogP) is 1.32. The lowest BCUT2D eigenvalue weighted by atomic mass is 9.91. The molecule has 4 heterocycles. The van der Waals surface area contributed by atoms with Gasteiger partial charge in [0.15, 0.2) is 11.3 Å². The number of imidazole rings is 1. The van der Waals surface area contributed by atoms with Crippen molar-refractivity contribution in [3.05, 3.63) is 24.3 Å². The smallest absolute Gasteiger partial charge is 0.172 e. The molecule has 0 unspecified atom stereocenters. The Balaban J connectivity index is 1.96. The molecule has 6 heteroatoms. The van der Waals surface area contributed by atoms with E-state index in [9.17, 15) is 0 Å². The first-order valence-corrected chi connectivity index (χ1v) is 6.74. The lowest BCUT2D eigenvalue weighted by molar-refractivity contribution is 0.493. The average molecular weight is 256 g/mol. The van der Waals surface area contributed by atoms with Gasteiger partial charge in [0.05, 0.1) is 12.4 Å². The number of hydrogen-bond acceptors (Lipinski definition) is 4. The largest absolute Gasteiger partial charge is 0.316 e. The van der Waals surface area contributed by atoms with Crippen LogP contribution in [-0.4, -0.2) is 37.7 Å². The van der Waals surface area contributed by atoms with Crippen molar-refractivity contribution in [3.8, 4) is 0 Å². The van der Waals surface area contributed by atoms with Gasteiger partial charge in [-0.25, -0.2) is 9.97 Å². The van der Waals surface area contributed by atoms with E-state index in [4.69, 9.17) is 0 Å². The van der Waals surface area contributed by atoms with Crippen molar-refractivity contribution in [1.82, 2.24) is 29.9 Å². The molecule has 98 valence electrons. The number of nitrogens with one attached hydrogen (secondary N) is 2. The SMILES string of the molecule is CC[C@@H]1CNC[C@H]1c1cnc2cnc3[nH]ncc3n12. The summed E-state index contributed by atoms with van der Waals surface area (Å²) < 4.78 is 2.19. The van der Waals surface area contributed by atoms with Gasteiger partial charge in [-0.1, -0.05) is 13.3 Å². The summed E-state index contributed by atoms with van der Waals surface area (Å²) in [6, 6.07) is 0. The maximum Gasteiger partial charge on any atom is 0.172 e. The molecule has 0 aliphatic carbocycles. The van der Waals surface area contributed by atoms with Gasteiger partial charge in [-0.05, 0) is 12.5 Å². The molecule has 2 N–H and O–H groups in total. The molecule has 2 atom stereocenters. The fraction of sp³-hybridized carbons (Fsp3) is 0.462. The van der Waals surface area contributed by atoms with Crippen LogP contribution in [0.4, 0.5) is 0 Å². The zero-order valence-corrected chi connectivity index (χ0v) is 10.8. The van der Waals surface area contributed by atoms with Crippen molar-refractivity contribution in [2.75, 3.05) is 13.1 Å². The predicted molar refractivity (Wildman–Crippen MR) is 72.0 cm³/mol. The second-order valence-corrected chi connectivity index (χ2v) is 5.17. The molecule has 1 aliphatic rings. The van der Waals surface area contributed by atoms with Gasteiger partial charge in [-0.2, -0.15) is 5.10 Å². The fourth-order valence-corrected chi connectivity index (χ4v) is 3.16. The molecule has 3 aromatic heterocycles. The zero-order chi connectivity index (χ0) is 12.8. The Morgan fingerprint density at radius 1 is 1.26 bits per heavy atom. The van der Waals surface area contributed by atoms with Gasteiger partial charge in [0.1, 0.15) is 5.52 Å². The molecule has 1 saturated heterocycles. The molecule has 1 fully saturated rings. The van der Waals surface area contributed by atoms with E-state index in [1.54, 1.807) is 6.20 Å². The molecular formula is C13H16N6. The second kappa shape index (κ2) is 4.03. The van der Waals surface area contributed by atoms with Crippen molar-refractivity contribution in [3.63, 3.8) is 0 Å². The Hall–Kier alpha value is -1.95. The number of aromatic amines is 1. The van der Waals surface area contributed by atoms with Crippen LogP contribution in [0.25, 0.3) is 16.8 Å². The van der Waals surface area contributed by atoms with E-state index in [-0.39, 0.29) is 0 Å². The van der Waals surface area contributed by atoms with Gasteiger partial charge in [-0.3, -0.25) is 9.50 Å². The van der Waals surface area contributed by atoms with Gasteiger partial charge >= 0.3 is 0 Å². The van der Waals surface area contributed by atoms with E-state index < -0.39 is 0 Å². The van der Waals surface area contributed by atoms with Crippen molar-refractivity contribution < 1.29 is 0 Å². The Labute approximate surface area is 110 Å². The van der Waals surface area contributed by atoms with E-state index in [0.29, 0.717) is 11.8 Å². The standard InChI is InChI=1S/C13H16N6/c1-2-8-3-14-4-9(8)10-5-15-12-7-16-13-11(19(10)12)6-17-18-13/h5-9,14H,2-4H2,1H3,(H,17,18)/t8-,9-/m1/s1. The highest BCUT2D eigenvalue weighted by Crippen LogP contribution is 2.31. The third-order valence-corrected chi connectivity index (χ3v) is 4.21. The van der Waals surface area contributed by atoms with Crippen LogP contribution in [0.2, 0.25) is 0 Å². The quantitative estimate of drug-likeness (QED) is 0.725. The Kier molecular flexibility index (Phi) is 2.32. The first kappa shape index (κ1) is 10.9. The summed E-state index contributed by atoms with van der Waals surface area (Å²) in [7, 11) is 0. The maximum atomic E-state index is 4.49. The van der Waals surface area contributed by atoms with Crippen molar-refractivity contribution in [2.24, 2.45) is 5.92 Å². The Morgan fingerprint density at radius 2 is 2.21 bits per heavy atom. The van der Waals surface area contributed by atoms with Crippen LogP contribution in [0.3, 0.4) is 0 Å². The Morgan fingerprint density at radius 3 is 3.11 bits per heavy atom. The number of aromatic nitrogens is 5. The Bertz CT molecular complexity index is 727.